The normalized spacial score (nSPS) is 10.5. The Balaban J connectivity index is 2.96. The lowest BCUT2D eigenvalue weighted by atomic mass is 10.1. The molecule has 0 aromatic heterocycles. The zero-order valence-corrected chi connectivity index (χ0v) is 9.67. The average Bonchev–Trinajstić information content (AvgIpc) is 2.29. The SMILES string of the molecule is COCc1cc(CNOC)c(F)cc1OC. The van der Waals surface area contributed by atoms with Gasteiger partial charge in [-0.2, -0.15) is 5.48 Å². The van der Waals surface area contributed by atoms with Gasteiger partial charge in [0.05, 0.1) is 20.8 Å². The van der Waals surface area contributed by atoms with Gasteiger partial charge in [-0.15, -0.1) is 0 Å². The first-order chi connectivity index (χ1) is 7.72. The van der Waals surface area contributed by atoms with Crippen LogP contribution in [0.1, 0.15) is 11.1 Å². The van der Waals surface area contributed by atoms with Crippen molar-refractivity contribution in [3.05, 3.63) is 29.1 Å². The molecule has 1 N–H and O–H groups in total. The molecule has 0 fully saturated rings. The van der Waals surface area contributed by atoms with Gasteiger partial charge in [-0.3, -0.25) is 0 Å². The number of methoxy groups -OCH3 is 2. The van der Waals surface area contributed by atoms with Crippen molar-refractivity contribution in [2.24, 2.45) is 0 Å². The van der Waals surface area contributed by atoms with Crippen LogP contribution in [0.5, 0.6) is 5.75 Å². The summed E-state index contributed by atoms with van der Waals surface area (Å²) in [6.45, 7) is 0.673. The number of hydrogen-bond acceptors (Lipinski definition) is 4. The number of benzene rings is 1. The highest BCUT2D eigenvalue weighted by molar-refractivity contribution is 5.38. The molecule has 0 bridgehead atoms. The Labute approximate surface area is 94.3 Å². The molecule has 0 aliphatic rings. The second-order valence-electron chi connectivity index (χ2n) is 3.21. The Bertz CT molecular complexity index is 344. The fourth-order valence-electron chi connectivity index (χ4n) is 1.39. The predicted molar refractivity (Wildman–Crippen MR) is 57.5 cm³/mol. The fourth-order valence-corrected chi connectivity index (χ4v) is 1.39. The molecule has 4 nitrogen and oxygen atoms in total. The molecule has 1 aromatic carbocycles. The second-order valence-corrected chi connectivity index (χ2v) is 3.21. The molecule has 0 heterocycles. The zero-order valence-electron chi connectivity index (χ0n) is 9.67. The van der Waals surface area contributed by atoms with Gasteiger partial charge in [0.1, 0.15) is 11.6 Å². The molecule has 0 spiro atoms. The zero-order chi connectivity index (χ0) is 12.0. The van der Waals surface area contributed by atoms with Gasteiger partial charge in [-0.1, -0.05) is 0 Å². The fraction of sp³-hybridized carbons (Fsp3) is 0.455. The van der Waals surface area contributed by atoms with E-state index >= 15 is 0 Å². The Kier molecular flexibility index (Phi) is 5.18. The Morgan fingerprint density at radius 1 is 1.19 bits per heavy atom. The van der Waals surface area contributed by atoms with Gasteiger partial charge in [-0.05, 0) is 6.07 Å². The van der Waals surface area contributed by atoms with E-state index in [1.165, 1.54) is 20.3 Å². The minimum absolute atomic E-state index is 0.295. The van der Waals surface area contributed by atoms with Gasteiger partial charge in [0, 0.05) is 30.8 Å². The molecular formula is C11H16FNO3. The number of nitrogens with one attached hydrogen (secondary N) is 1. The third kappa shape index (κ3) is 3.16. The van der Waals surface area contributed by atoms with Crippen LogP contribution >= 0.6 is 0 Å². The quantitative estimate of drug-likeness (QED) is 0.753. The van der Waals surface area contributed by atoms with Crippen LogP contribution in [0.15, 0.2) is 12.1 Å². The van der Waals surface area contributed by atoms with Crippen LogP contribution in [0.2, 0.25) is 0 Å². The summed E-state index contributed by atoms with van der Waals surface area (Å²) in [4.78, 5) is 4.68. The lowest BCUT2D eigenvalue weighted by Gasteiger charge is -2.11. The second kappa shape index (κ2) is 6.42. The van der Waals surface area contributed by atoms with Gasteiger partial charge in [-0.25, -0.2) is 4.39 Å². The predicted octanol–water partition coefficient (Wildman–Crippen LogP) is 1.63. The van der Waals surface area contributed by atoms with Gasteiger partial charge < -0.3 is 14.3 Å². The largest absolute Gasteiger partial charge is 0.496 e. The van der Waals surface area contributed by atoms with Crippen molar-refractivity contribution in [2.45, 2.75) is 13.2 Å². The monoisotopic (exact) mass is 229 g/mol. The summed E-state index contributed by atoms with van der Waals surface area (Å²) in [7, 11) is 4.56. The van der Waals surface area contributed by atoms with Crippen LogP contribution in [0, 0.1) is 5.82 Å². The van der Waals surface area contributed by atoms with Crippen molar-refractivity contribution < 1.29 is 18.7 Å². The van der Waals surface area contributed by atoms with Crippen molar-refractivity contribution in [2.75, 3.05) is 21.3 Å². The number of hydroxylamine groups is 1. The lowest BCUT2D eigenvalue weighted by Crippen LogP contribution is -2.12. The lowest BCUT2D eigenvalue weighted by molar-refractivity contribution is 0.0858. The highest BCUT2D eigenvalue weighted by Gasteiger charge is 2.10. The third-order valence-corrected chi connectivity index (χ3v) is 2.16. The molecular weight excluding hydrogens is 213 g/mol. The van der Waals surface area contributed by atoms with Crippen molar-refractivity contribution in [1.29, 1.82) is 0 Å². The maximum absolute atomic E-state index is 13.6. The molecule has 0 atom stereocenters. The third-order valence-electron chi connectivity index (χ3n) is 2.16. The molecule has 0 saturated carbocycles. The van der Waals surface area contributed by atoms with Gasteiger partial charge in [0.2, 0.25) is 0 Å². The Morgan fingerprint density at radius 2 is 1.94 bits per heavy atom. The van der Waals surface area contributed by atoms with Crippen LogP contribution in [0.4, 0.5) is 4.39 Å². The molecule has 1 aromatic rings. The van der Waals surface area contributed by atoms with E-state index < -0.39 is 0 Å². The van der Waals surface area contributed by atoms with E-state index in [-0.39, 0.29) is 5.82 Å². The molecule has 16 heavy (non-hydrogen) atoms. The summed E-state index contributed by atoms with van der Waals surface area (Å²) < 4.78 is 23.6. The van der Waals surface area contributed by atoms with E-state index in [1.54, 1.807) is 13.2 Å². The van der Waals surface area contributed by atoms with Crippen LogP contribution in [0.25, 0.3) is 0 Å². The topological polar surface area (TPSA) is 39.7 Å². The van der Waals surface area contributed by atoms with E-state index in [2.05, 4.69) is 10.3 Å². The summed E-state index contributed by atoms with van der Waals surface area (Å²) in [5, 5.41) is 0. The minimum Gasteiger partial charge on any atom is -0.496 e. The van der Waals surface area contributed by atoms with Crippen molar-refractivity contribution >= 4 is 0 Å². The standard InChI is InChI=1S/C11H16FNO3/c1-14-7-9-4-8(6-13-16-3)10(12)5-11(9)15-2/h4-5,13H,6-7H2,1-3H3. The minimum atomic E-state index is -0.332. The van der Waals surface area contributed by atoms with E-state index in [0.29, 0.717) is 24.5 Å². The van der Waals surface area contributed by atoms with Crippen LogP contribution < -0.4 is 10.2 Å². The van der Waals surface area contributed by atoms with Crippen molar-refractivity contribution in [1.82, 2.24) is 5.48 Å². The smallest absolute Gasteiger partial charge is 0.131 e. The Hall–Kier alpha value is -1.17. The van der Waals surface area contributed by atoms with Crippen LogP contribution in [-0.2, 0) is 22.7 Å². The first-order valence-corrected chi connectivity index (χ1v) is 4.83. The molecule has 0 unspecified atom stereocenters. The van der Waals surface area contributed by atoms with Crippen molar-refractivity contribution in [3.8, 4) is 5.75 Å². The van der Waals surface area contributed by atoms with E-state index in [0.717, 1.165) is 5.56 Å². The molecule has 0 saturated heterocycles. The Morgan fingerprint density at radius 3 is 2.50 bits per heavy atom. The highest BCUT2D eigenvalue weighted by atomic mass is 19.1. The molecule has 5 heteroatoms. The van der Waals surface area contributed by atoms with Gasteiger partial charge in [0.25, 0.3) is 0 Å². The summed E-state index contributed by atoms with van der Waals surface area (Å²) in [6, 6.07) is 3.05. The molecule has 0 aliphatic heterocycles. The summed E-state index contributed by atoms with van der Waals surface area (Å²) in [5.74, 6) is 0.154. The van der Waals surface area contributed by atoms with Crippen LogP contribution in [-0.4, -0.2) is 21.3 Å². The van der Waals surface area contributed by atoms with Gasteiger partial charge in [0.15, 0.2) is 0 Å². The summed E-state index contributed by atoms with van der Waals surface area (Å²) >= 11 is 0. The first-order valence-electron chi connectivity index (χ1n) is 4.83. The van der Waals surface area contributed by atoms with Crippen LogP contribution in [0.3, 0.4) is 0 Å². The number of halogens is 1. The maximum Gasteiger partial charge on any atom is 0.131 e. The number of rotatable bonds is 6. The molecule has 1 rings (SSSR count). The first kappa shape index (κ1) is 12.9. The summed E-state index contributed by atoms with van der Waals surface area (Å²) in [5.41, 5.74) is 3.90. The average molecular weight is 229 g/mol. The van der Waals surface area contributed by atoms with E-state index in [9.17, 15) is 4.39 Å². The number of hydrogen-bond donors (Lipinski definition) is 1. The number of ether oxygens (including phenoxy) is 2. The van der Waals surface area contributed by atoms with E-state index in [1.807, 2.05) is 0 Å². The van der Waals surface area contributed by atoms with Crippen molar-refractivity contribution in [3.63, 3.8) is 0 Å². The molecule has 90 valence electrons. The molecule has 0 aliphatic carbocycles. The summed E-state index contributed by atoms with van der Waals surface area (Å²) in [6.07, 6.45) is 0. The maximum atomic E-state index is 13.6. The highest BCUT2D eigenvalue weighted by Crippen LogP contribution is 2.23. The molecule has 0 radical (unpaired) electrons. The van der Waals surface area contributed by atoms with Gasteiger partial charge >= 0.3 is 0 Å². The molecule has 0 amide bonds. The van der Waals surface area contributed by atoms with E-state index in [4.69, 9.17) is 9.47 Å².